The van der Waals surface area contributed by atoms with Gasteiger partial charge in [-0.05, 0) is 18.6 Å². The lowest BCUT2D eigenvalue weighted by Crippen LogP contribution is -2.11. The van der Waals surface area contributed by atoms with E-state index in [0.29, 0.717) is 0 Å². The fourth-order valence-electron chi connectivity index (χ4n) is 1.62. The van der Waals surface area contributed by atoms with E-state index in [1.165, 1.54) is 7.11 Å². The second-order valence-corrected chi connectivity index (χ2v) is 6.38. The molecular weight excluding hydrogens is 306 g/mol. The zero-order valence-electron chi connectivity index (χ0n) is 10.6. The average Bonchev–Trinajstić information content (AvgIpc) is 2.37. The highest BCUT2D eigenvalue weighted by molar-refractivity contribution is 7.91. The number of unbranched alkanes of at least 4 members (excludes halogenated alkanes) is 1. The average molecular weight is 318 g/mol. The second-order valence-electron chi connectivity index (χ2n) is 3.87. The molecule has 0 heterocycles. The first-order chi connectivity index (χ1) is 9.33. The van der Waals surface area contributed by atoms with Crippen molar-refractivity contribution in [1.82, 2.24) is 0 Å². The van der Waals surface area contributed by atoms with Crippen LogP contribution in [0.15, 0.2) is 17.0 Å². The molecule has 0 atom stereocenters. The molecule has 1 rings (SSSR count). The predicted octanol–water partition coefficient (Wildman–Crippen LogP) is 2.12. The number of benzene rings is 1. The van der Waals surface area contributed by atoms with Crippen molar-refractivity contribution in [2.75, 3.05) is 12.9 Å². The third-order valence-corrected chi connectivity index (χ3v) is 4.51. The van der Waals surface area contributed by atoms with Gasteiger partial charge in [0.15, 0.2) is 15.6 Å². The molecule has 0 saturated heterocycles. The first-order valence-electron chi connectivity index (χ1n) is 5.54. The number of nitrogens with zero attached hydrogens (tertiary/aromatic N) is 1. The van der Waals surface area contributed by atoms with Crippen molar-refractivity contribution in [3.8, 4) is 11.8 Å². The van der Waals surface area contributed by atoms with Crippen LogP contribution in [0.3, 0.4) is 0 Å². The van der Waals surface area contributed by atoms with Gasteiger partial charge in [0.1, 0.15) is 10.5 Å². The minimum Gasteiger partial charge on any atom is -0.494 e. The smallest absolute Gasteiger partial charge is 0.339 e. The highest BCUT2D eigenvalue weighted by atomic mass is 35.5. The monoisotopic (exact) mass is 317 g/mol. The number of methoxy groups -OCH3 is 1. The molecule has 1 aromatic rings. The molecule has 1 N–H and O–H groups in total. The van der Waals surface area contributed by atoms with Crippen LogP contribution in [0.25, 0.3) is 0 Å². The van der Waals surface area contributed by atoms with E-state index in [-0.39, 0.29) is 39.8 Å². The molecule has 20 heavy (non-hydrogen) atoms. The van der Waals surface area contributed by atoms with Crippen molar-refractivity contribution in [2.45, 2.75) is 17.7 Å². The number of hydrogen-bond donors (Lipinski definition) is 1. The lowest BCUT2D eigenvalue weighted by atomic mass is 10.2. The van der Waals surface area contributed by atoms with E-state index in [1.807, 2.05) is 6.07 Å². The maximum atomic E-state index is 12.2. The summed E-state index contributed by atoms with van der Waals surface area (Å²) in [6, 6.07) is 4.11. The Hall–Kier alpha value is -1.78. The van der Waals surface area contributed by atoms with Crippen LogP contribution in [0.4, 0.5) is 0 Å². The van der Waals surface area contributed by atoms with Crippen LogP contribution in [-0.4, -0.2) is 32.4 Å². The van der Waals surface area contributed by atoms with E-state index < -0.39 is 15.8 Å². The Morgan fingerprint density at radius 3 is 2.65 bits per heavy atom. The summed E-state index contributed by atoms with van der Waals surface area (Å²) in [6.07, 6.45) is 0.241. The molecule has 6 nitrogen and oxygen atoms in total. The van der Waals surface area contributed by atoms with E-state index in [0.717, 1.165) is 12.1 Å². The molecule has 0 saturated carbocycles. The molecule has 0 unspecified atom stereocenters. The van der Waals surface area contributed by atoms with Gasteiger partial charge in [-0.15, -0.1) is 0 Å². The molecule has 108 valence electrons. The number of sulfone groups is 1. The molecule has 0 aromatic heterocycles. The third-order valence-electron chi connectivity index (χ3n) is 2.49. The van der Waals surface area contributed by atoms with Crippen LogP contribution in [-0.2, 0) is 9.84 Å². The van der Waals surface area contributed by atoms with E-state index in [1.54, 1.807) is 0 Å². The van der Waals surface area contributed by atoms with Crippen molar-refractivity contribution in [2.24, 2.45) is 0 Å². The fourth-order valence-corrected chi connectivity index (χ4v) is 3.43. The molecule has 0 aliphatic heterocycles. The molecule has 0 spiro atoms. The van der Waals surface area contributed by atoms with Crippen molar-refractivity contribution >= 4 is 27.4 Å². The fraction of sp³-hybridized carbons (Fsp3) is 0.333. The Morgan fingerprint density at radius 2 is 2.15 bits per heavy atom. The zero-order valence-corrected chi connectivity index (χ0v) is 12.2. The number of rotatable bonds is 6. The molecule has 0 aliphatic rings. The number of carbonyl (C=O) groups is 1. The quantitative estimate of drug-likeness (QED) is 0.806. The van der Waals surface area contributed by atoms with E-state index >= 15 is 0 Å². The van der Waals surface area contributed by atoms with Gasteiger partial charge < -0.3 is 9.84 Å². The van der Waals surface area contributed by atoms with E-state index in [4.69, 9.17) is 26.7 Å². The van der Waals surface area contributed by atoms with Crippen LogP contribution in [0.1, 0.15) is 23.2 Å². The van der Waals surface area contributed by atoms with Crippen LogP contribution < -0.4 is 4.74 Å². The summed E-state index contributed by atoms with van der Waals surface area (Å²) >= 11 is 5.75. The van der Waals surface area contributed by atoms with Crippen molar-refractivity contribution in [1.29, 1.82) is 5.26 Å². The van der Waals surface area contributed by atoms with E-state index in [9.17, 15) is 13.2 Å². The minimum absolute atomic E-state index is 0.0120. The Bertz CT molecular complexity index is 663. The Kier molecular flexibility index (Phi) is 5.36. The number of hydrogen-bond acceptors (Lipinski definition) is 5. The Morgan fingerprint density at radius 1 is 1.50 bits per heavy atom. The summed E-state index contributed by atoms with van der Waals surface area (Å²) in [5.74, 6) is -1.87. The SMILES string of the molecule is COc1c(C(=O)O)cc(Cl)cc1S(=O)(=O)CCCC#N. The summed E-state index contributed by atoms with van der Waals surface area (Å²) < 4.78 is 29.2. The largest absolute Gasteiger partial charge is 0.494 e. The number of nitriles is 1. The maximum Gasteiger partial charge on any atom is 0.339 e. The number of aromatic carboxylic acids is 1. The molecular formula is C12H12ClNO5S. The van der Waals surface area contributed by atoms with E-state index in [2.05, 4.69) is 0 Å². The summed E-state index contributed by atoms with van der Waals surface area (Å²) in [6.45, 7) is 0. The second kappa shape index (κ2) is 6.59. The van der Waals surface area contributed by atoms with Crippen LogP contribution >= 0.6 is 11.6 Å². The van der Waals surface area contributed by atoms with Crippen molar-refractivity contribution in [3.63, 3.8) is 0 Å². The molecule has 1 aromatic carbocycles. The van der Waals surface area contributed by atoms with Crippen LogP contribution in [0, 0.1) is 11.3 Å². The lowest BCUT2D eigenvalue weighted by Gasteiger charge is -2.12. The topological polar surface area (TPSA) is 104 Å². The summed E-state index contributed by atoms with van der Waals surface area (Å²) in [5, 5.41) is 17.5. The number of ether oxygens (including phenoxy) is 1. The van der Waals surface area contributed by atoms with Gasteiger partial charge >= 0.3 is 5.97 Å². The molecule has 0 bridgehead atoms. The van der Waals surface area contributed by atoms with Gasteiger partial charge in [-0.3, -0.25) is 0 Å². The standard InChI is InChI=1S/C12H12ClNO5S/c1-19-11-9(12(15)16)6-8(13)7-10(11)20(17,18)5-3-2-4-14/h6-7H,2-3,5H2,1H3,(H,15,16). The molecule has 0 aliphatic carbocycles. The summed E-state index contributed by atoms with van der Waals surface area (Å²) in [4.78, 5) is 10.8. The highest BCUT2D eigenvalue weighted by Crippen LogP contribution is 2.32. The Labute approximate surface area is 121 Å². The first-order valence-corrected chi connectivity index (χ1v) is 7.57. The summed E-state index contributed by atoms with van der Waals surface area (Å²) in [5.41, 5.74) is -0.321. The van der Waals surface area contributed by atoms with Crippen LogP contribution in [0.5, 0.6) is 5.75 Å². The van der Waals surface area contributed by atoms with Gasteiger partial charge in [0.25, 0.3) is 0 Å². The number of carboxylic acid groups (broad SMARTS) is 1. The van der Waals surface area contributed by atoms with Gasteiger partial charge in [-0.25, -0.2) is 13.2 Å². The molecule has 0 radical (unpaired) electrons. The van der Waals surface area contributed by atoms with Crippen molar-refractivity contribution in [3.05, 3.63) is 22.7 Å². The predicted molar refractivity (Wildman–Crippen MR) is 71.9 cm³/mol. The minimum atomic E-state index is -3.78. The third kappa shape index (κ3) is 3.62. The van der Waals surface area contributed by atoms with Crippen molar-refractivity contribution < 1.29 is 23.1 Å². The zero-order chi connectivity index (χ0) is 15.3. The Balaban J connectivity index is 3.37. The molecule has 0 fully saturated rings. The van der Waals surface area contributed by atoms with Crippen LogP contribution in [0.2, 0.25) is 5.02 Å². The lowest BCUT2D eigenvalue weighted by molar-refractivity contribution is 0.0693. The summed E-state index contributed by atoms with van der Waals surface area (Å²) in [7, 11) is -2.59. The first kappa shape index (κ1) is 16.3. The maximum absolute atomic E-state index is 12.2. The van der Waals surface area contributed by atoms with Gasteiger partial charge in [0.05, 0.1) is 18.9 Å². The van der Waals surface area contributed by atoms with Gasteiger partial charge in [0, 0.05) is 11.4 Å². The van der Waals surface area contributed by atoms with Gasteiger partial charge in [-0.2, -0.15) is 5.26 Å². The number of halogens is 1. The normalized spacial score (nSPS) is 10.8. The van der Waals surface area contributed by atoms with Gasteiger partial charge in [0.2, 0.25) is 0 Å². The molecule has 0 amide bonds. The van der Waals surface area contributed by atoms with Gasteiger partial charge in [-0.1, -0.05) is 11.6 Å². The number of carboxylic acids is 1. The molecule has 8 heteroatoms. The highest BCUT2D eigenvalue weighted by Gasteiger charge is 2.25.